The molecule has 0 aromatic carbocycles. The van der Waals surface area contributed by atoms with Crippen LogP contribution in [0.4, 0.5) is 0 Å². The third kappa shape index (κ3) is 3.13. The monoisotopic (exact) mass is 295 g/mol. The van der Waals surface area contributed by atoms with Crippen LogP contribution in [0, 0.1) is 5.92 Å². The van der Waals surface area contributed by atoms with Crippen LogP contribution in [0.5, 0.6) is 0 Å². The topological polar surface area (TPSA) is 59.2 Å². The molecule has 0 atom stereocenters. The summed E-state index contributed by atoms with van der Waals surface area (Å²) >= 11 is 0. The number of likely N-dealkylation sites (tertiary alicyclic amines) is 1. The highest BCUT2D eigenvalue weighted by Crippen LogP contribution is 2.35. The first-order valence-electron chi connectivity index (χ1n) is 7.18. The molecular weight excluding hydrogens is 274 g/mol. The van der Waals surface area contributed by atoms with Gasteiger partial charge in [0.05, 0.1) is 5.92 Å². The summed E-state index contributed by atoms with van der Waals surface area (Å²) in [6, 6.07) is 6.83. The summed E-state index contributed by atoms with van der Waals surface area (Å²) in [5, 5.41) is 0. The van der Waals surface area contributed by atoms with Gasteiger partial charge in [-0.25, -0.2) is 0 Å². The summed E-state index contributed by atoms with van der Waals surface area (Å²) in [5.41, 5.74) is 6.55. The maximum atomic E-state index is 11.0. The Labute approximate surface area is 126 Å². The Morgan fingerprint density at radius 3 is 2.45 bits per heavy atom. The van der Waals surface area contributed by atoms with Crippen LogP contribution in [0.2, 0.25) is 0 Å². The molecule has 1 saturated heterocycles. The van der Waals surface area contributed by atoms with E-state index in [4.69, 9.17) is 5.73 Å². The van der Waals surface area contributed by atoms with Gasteiger partial charge in [-0.2, -0.15) is 0 Å². The quantitative estimate of drug-likeness (QED) is 0.927. The lowest BCUT2D eigenvalue weighted by atomic mass is 9.81. The van der Waals surface area contributed by atoms with Crippen LogP contribution in [0.3, 0.4) is 0 Å². The van der Waals surface area contributed by atoms with Crippen LogP contribution in [-0.2, 0) is 4.79 Å². The summed E-state index contributed by atoms with van der Waals surface area (Å²) in [7, 11) is 0. The molecule has 2 N–H and O–H groups in total. The normalized spacial score (nSPS) is 27.4. The summed E-state index contributed by atoms with van der Waals surface area (Å²) in [5.74, 6) is 0.567. The summed E-state index contributed by atoms with van der Waals surface area (Å²) in [6.07, 6.45) is 6.73. The number of amides is 1. The van der Waals surface area contributed by atoms with Crippen molar-refractivity contribution in [1.82, 2.24) is 9.88 Å². The molecule has 1 aliphatic heterocycles. The lowest BCUT2D eigenvalue weighted by molar-refractivity contribution is -0.128. The molecule has 1 aromatic heterocycles. The van der Waals surface area contributed by atoms with Crippen molar-refractivity contribution in [3.8, 4) is 0 Å². The van der Waals surface area contributed by atoms with Crippen LogP contribution in [0.1, 0.15) is 37.3 Å². The molecule has 20 heavy (non-hydrogen) atoms. The third-order valence-corrected chi connectivity index (χ3v) is 4.63. The fourth-order valence-electron chi connectivity index (χ4n) is 3.34. The minimum Gasteiger partial charge on any atom is -0.369 e. The number of hydrogen-bond acceptors (Lipinski definition) is 3. The van der Waals surface area contributed by atoms with Gasteiger partial charge in [-0.15, -0.1) is 12.4 Å². The van der Waals surface area contributed by atoms with Gasteiger partial charge in [-0.1, -0.05) is 6.07 Å². The predicted octanol–water partition coefficient (Wildman–Crippen LogP) is 1.95. The van der Waals surface area contributed by atoms with E-state index in [9.17, 15) is 4.79 Å². The van der Waals surface area contributed by atoms with Crippen LogP contribution in [0.25, 0.3) is 0 Å². The van der Waals surface area contributed by atoms with Gasteiger partial charge in [0.2, 0.25) is 5.91 Å². The molecule has 2 heterocycles. The van der Waals surface area contributed by atoms with E-state index in [1.165, 1.54) is 31.4 Å². The largest absolute Gasteiger partial charge is 0.369 e. The Morgan fingerprint density at radius 1 is 1.20 bits per heavy atom. The molecule has 3 rings (SSSR count). The SMILES string of the molecule is Cl.NC(=O)C1CN(C2CCC(c3ccccn3)CC2)C1. The van der Waals surface area contributed by atoms with Gasteiger partial charge >= 0.3 is 0 Å². The molecule has 1 saturated carbocycles. The Balaban J connectivity index is 0.00000147. The first-order valence-corrected chi connectivity index (χ1v) is 7.18. The molecule has 0 unspecified atom stereocenters. The summed E-state index contributed by atoms with van der Waals surface area (Å²) in [4.78, 5) is 17.9. The number of nitrogens with two attached hydrogens (primary N) is 1. The third-order valence-electron chi connectivity index (χ3n) is 4.63. The van der Waals surface area contributed by atoms with E-state index in [0.717, 1.165) is 13.1 Å². The number of primary amides is 1. The molecule has 0 radical (unpaired) electrons. The van der Waals surface area contributed by atoms with E-state index in [1.54, 1.807) is 0 Å². The van der Waals surface area contributed by atoms with E-state index < -0.39 is 0 Å². The first kappa shape index (κ1) is 15.3. The number of hydrogen-bond donors (Lipinski definition) is 1. The van der Waals surface area contributed by atoms with Gasteiger partial charge in [-0.3, -0.25) is 14.7 Å². The van der Waals surface area contributed by atoms with Crippen LogP contribution in [-0.4, -0.2) is 34.9 Å². The van der Waals surface area contributed by atoms with Gasteiger partial charge in [0.1, 0.15) is 0 Å². The molecular formula is C15H22ClN3O. The zero-order valence-corrected chi connectivity index (χ0v) is 12.4. The second kappa shape index (κ2) is 6.55. The number of aromatic nitrogens is 1. The van der Waals surface area contributed by atoms with Crippen molar-refractivity contribution < 1.29 is 4.79 Å². The van der Waals surface area contributed by atoms with Crippen molar-refractivity contribution in [2.45, 2.75) is 37.6 Å². The highest BCUT2D eigenvalue weighted by atomic mass is 35.5. The molecule has 0 bridgehead atoms. The minimum atomic E-state index is -0.140. The highest BCUT2D eigenvalue weighted by Gasteiger charge is 2.37. The van der Waals surface area contributed by atoms with Crippen molar-refractivity contribution in [2.75, 3.05) is 13.1 Å². The Kier molecular flexibility index (Phi) is 5.00. The van der Waals surface area contributed by atoms with E-state index in [1.807, 2.05) is 12.3 Å². The van der Waals surface area contributed by atoms with Crippen molar-refractivity contribution in [3.63, 3.8) is 0 Å². The smallest absolute Gasteiger partial charge is 0.223 e. The number of halogens is 1. The molecule has 110 valence electrons. The standard InChI is InChI=1S/C15H21N3O.ClH/c16-15(19)12-9-18(10-12)13-6-4-11(5-7-13)14-3-1-2-8-17-14;/h1-3,8,11-13H,4-7,9-10H2,(H2,16,19);1H. The van der Waals surface area contributed by atoms with Gasteiger partial charge in [0, 0.05) is 36.9 Å². The zero-order valence-electron chi connectivity index (χ0n) is 11.6. The number of rotatable bonds is 3. The van der Waals surface area contributed by atoms with Gasteiger partial charge < -0.3 is 5.73 Å². The van der Waals surface area contributed by atoms with Gasteiger partial charge in [0.25, 0.3) is 0 Å². The first-order chi connectivity index (χ1) is 9.24. The lowest BCUT2D eigenvalue weighted by Gasteiger charge is -2.45. The lowest BCUT2D eigenvalue weighted by Crippen LogP contribution is -2.56. The van der Waals surface area contributed by atoms with Crippen LogP contribution >= 0.6 is 12.4 Å². The molecule has 1 aliphatic carbocycles. The van der Waals surface area contributed by atoms with E-state index in [-0.39, 0.29) is 24.2 Å². The summed E-state index contributed by atoms with van der Waals surface area (Å²) in [6.45, 7) is 1.74. The van der Waals surface area contributed by atoms with Gasteiger partial charge in [-0.05, 0) is 37.8 Å². The maximum Gasteiger partial charge on any atom is 0.223 e. The van der Waals surface area contributed by atoms with Crippen LogP contribution < -0.4 is 5.73 Å². The average Bonchev–Trinajstić information content (AvgIpc) is 2.38. The number of carbonyl (C=O) groups excluding carboxylic acids is 1. The second-order valence-electron chi connectivity index (χ2n) is 5.81. The van der Waals surface area contributed by atoms with E-state index >= 15 is 0 Å². The highest BCUT2D eigenvalue weighted by molar-refractivity contribution is 5.85. The number of nitrogens with zero attached hydrogens (tertiary/aromatic N) is 2. The van der Waals surface area contributed by atoms with Crippen molar-refractivity contribution in [3.05, 3.63) is 30.1 Å². The van der Waals surface area contributed by atoms with E-state index in [0.29, 0.717) is 12.0 Å². The molecule has 2 fully saturated rings. The molecule has 5 heteroatoms. The number of carbonyl (C=O) groups is 1. The second-order valence-corrected chi connectivity index (χ2v) is 5.81. The Bertz CT molecular complexity index is 440. The molecule has 2 aliphatic rings. The number of pyridine rings is 1. The Hall–Kier alpha value is -1.13. The molecule has 0 spiro atoms. The van der Waals surface area contributed by atoms with Crippen molar-refractivity contribution in [1.29, 1.82) is 0 Å². The van der Waals surface area contributed by atoms with Crippen LogP contribution in [0.15, 0.2) is 24.4 Å². The molecule has 1 amide bonds. The van der Waals surface area contributed by atoms with Crippen molar-refractivity contribution in [2.24, 2.45) is 11.7 Å². The summed E-state index contributed by atoms with van der Waals surface area (Å²) < 4.78 is 0. The molecule has 4 nitrogen and oxygen atoms in total. The predicted molar refractivity (Wildman–Crippen MR) is 80.7 cm³/mol. The minimum absolute atomic E-state index is 0. The average molecular weight is 296 g/mol. The maximum absolute atomic E-state index is 11.0. The molecule has 1 aromatic rings. The fraction of sp³-hybridized carbons (Fsp3) is 0.600. The van der Waals surface area contributed by atoms with E-state index in [2.05, 4.69) is 22.0 Å². The Morgan fingerprint density at radius 2 is 1.90 bits per heavy atom. The zero-order chi connectivity index (χ0) is 13.2. The van der Waals surface area contributed by atoms with Gasteiger partial charge in [0.15, 0.2) is 0 Å². The van der Waals surface area contributed by atoms with Crippen molar-refractivity contribution >= 4 is 18.3 Å². The fourth-order valence-corrected chi connectivity index (χ4v) is 3.34.